The number of benzene rings is 1. The molecular weight excluding hydrogens is 517 g/mol. The highest BCUT2D eigenvalue weighted by Crippen LogP contribution is 2.35. The van der Waals surface area contributed by atoms with Gasteiger partial charge in [0.05, 0.1) is 12.3 Å². The molecule has 0 fully saturated rings. The van der Waals surface area contributed by atoms with Gasteiger partial charge in [-0.2, -0.15) is 0 Å². The molecule has 3 aromatic rings. The fraction of sp³-hybridized carbons (Fsp3) is 0.417. The van der Waals surface area contributed by atoms with Crippen LogP contribution in [0.2, 0.25) is 0 Å². The zero-order valence-electron chi connectivity index (χ0n) is 19.1. The molecule has 172 valence electrons. The van der Waals surface area contributed by atoms with E-state index in [2.05, 4.69) is 58.3 Å². The Morgan fingerprint density at radius 2 is 2.19 bits per heavy atom. The second-order valence-electron chi connectivity index (χ2n) is 7.89. The Labute approximate surface area is 206 Å². The maximum Gasteiger partial charge on any atom is 0.191 e. The quantitative estimate of drug-likeness (QED) is 0.266. The van der Waals surface area contributed by atoms with Crippen LogP contribution in [0.15, 0.2) is 41.7 Å². The number of imidazole rings is 1. The van der Waals surface area contributed by atoms with Crippen LogP contribution in [0.1, 0.15) is 36.2 Å². The Balaban J connectivity index is 0.00000289. The summed E-state index contributed by atoms with van der Waals surface area (Å²) in [6, 6.07) is 8.32. The first-order valence-electron chi connectivity index (χ1n) is 10.9. The molecule has 7 nitrogen and oxygen atoms in total. The summed E-state index contributed by atoms with van der Waals surface area (Å²) in [6.45, 7) is 8.16. The van der Waals surface area contributed by atoms with Gasteiger partial charge in [-0.1, -0.05) is 6.07 Å². The van der Waals surface area contributed by atoms with Gasteiger partial charge < -0.3 is 24.5 Å². The number of nitrogens with one attached hydrogen (secondary N) is 2. The number of aromatic nitrogens is 2. The van der Waals surface area contributed by atoms with Crippen molar-refractivity contribution in [2.45, 2.75) is 46.3 Å². The average Bonchev–Trinajstić information content (AvgIpc) is 3.33. The Kier molecular flexibility index (Phi) is 8.22. The van der Waals surface area contributed by atoms with Crippen molar-refractivity contribution in [3.05, 3.63) is 59.0 Å². The fourth-order valence-corrected chi connectivity index (χ4v) is 3.94. The molecule has 2 aromatic heterocycles. The standard InChI is InChI=1S/C24H31N5O2.HI/c1-5-30-21-12-18-11-17(3)31-22(18)13-19(21)14-27-24(25-4)26-9-8-20-15-29-10-6-7-16(2)23(29)28-20;/h6-7,10,12-13,15,17H,5,8-9,11,14H2,1-4H3,(H2,25,26,27);1H. The summed E-state index contributed by atoms with van der Waals surface area (Å²) in [5.74, 6) is 2.61. The molecule has 0 bridgehead atoms. The summed E-state index contributed by atoms with van der Waals surface area (Å²) in [7, 11) is 1.78. The normalized spacial score (nSPS) is 15.1. The topological polar surface area (TPSA) is 72.2 Å². The maximum absolute atomic E-state index is 5.92. The van der Waals surface area contributed by atoms with E-state index < -0.39 is 0 Å². The van der Waals surface area contributed by atoms with Crippen molar-refractivity contribution in [3.63, 3.8) is 0 Å². The second-order valence-corrected chi connectivity index (χ2v) is 7.89. The smallest absolute Gasteiger partial charge is 0.191 e. The molecule has 0 spiro atoms. The highest BCUT2D eigenvalue weighted by Gasteiger charge is 2.22. The Morgan fingerprint density at radius 3 is 2.94 bits per heavy atom. The number of hydrogen-bond donors (Lipinski definition) is 2. The molecule has 0 saturated carbocycles. The number of fused-ring (bicyclic) bond motifs is 2. The molecular formula is C24H32IN5O2. The predicted molar refractivity (Wildman–Crippen MR) is 139 cm³/mol. The van der Waals surface area contributed by atoms with Crippen LogP contribution in [-0.4, -0.2) is 41.6 Å². The molecule has 0 aliphatic carbocycles. The molecule has 0 saturated heterocycles. The lowest BCUT2D eigenvalue weighted by molar-refractivity contribution is 0.254. The van der Waals surface area contributed by atoms with Gasteiger partial charge in [0.25, 0.3) is 0 Å². The summed E-state index contributed by atoms with van der Waals surface area (Å²) < 4.78 is 13.9. The Hall–Kier alpha value is -2.49. The van der Waals surface area contributed by atoms with Crippen LogP contribution >= 0.6 is 24.0 Å². The number of hydrogen-bond acceptors (Lipinski definition) is 4. The van der Waals surface area contributed by atoms with E-state index in [-0.39, 0.29) is 30.1 Å². The molecule has 4 rings (SSSR count). The van der Waals surface area contributed by atoms with Gasteiger partial charge in [-0.25, -0.2) is 4.98 Å². The van der Waals surface area contributed by atoms with Crippen molar-refractivity contribution in [1.29, 1.82) is 0 Å². The van der Waals surface area contributed by atoms with Crippen molar-refractivity contribution in [2.75, 3.05) is 20.2 Å². The lowest BCUT2D eigenvalue weighted by atomic mass is 10.1. The molecule has 1 unspecified atom stereocenters. The highest BCUT2D eigenvalue weighted by atomic mass is 127. The number of pyridine rings is 1. The molecule has 1 atom stereocenters. The van der Waals surface area contributed by atoms with Crippen LogP contribution < -0.4 is 20.1 Å². The SMILES string of the molecule is CCOc1cc2c(cc1CNC(=NC)NCCc1cn3cccc(C)c3n1)OC(C)C2.I. The maximum atomic E-state index is 5.92. The number of halogens is 1. The van der Waals surface area contributed by atoms with E-state index in [9.17, 15) is 0 Å². The first kappa shape index (κ1) is 24.2. The van der Waals surface area contributed by atoms with Crippen LogP contribution in [0.5, 0.6) is 11.5 Å². The number of rotatable bonds is 7. The van der Waals surface area contributed by atoms with E-state index in [0.717, 1.165) is 53.7 Å². The van der Waals surface area contributed by atoms with E-state index in [1.165, 1.54) is 11.1 Å². The molecule has 0 amide bonds. The number of aryl methyl sites for hydroxylation is 1. The van der Waals surface area contributed by atoms with Crippen LogP contribution in [-0.2, 0) is 19.4 Å². The van der Waals surface area contributed by atoms with Gasteiger partial charge in [0.1, 0.15) is 23.3 Å². The van der Waals surface area contributed by atoms with Gasteiger partial charge in [-0.3, -0.25) is 4.99 Å². The average molecular weight is 549 g/mol. The summed E-state index contributed by atoms with van der Waals surface area (Å²) in [5, 5.41) is 6.76. The first-order valence-corrected chi connectivity index (χ1v) is 10.9. The second kappa shape index (κ2) is 10.9. The third-order valence-corrected chi connectivity index (χ3v) is 5.45. The molecule has 1 aromatic carbocycles. The van der Waals surface area contributed by atoms with Crippen molar-refractivity contribution in [2.24, 2.45) is 4.99 Å². The third-order valence-electron chi connectivity index (χ3n) is 5.45. The van der Waals surface area contributed by atoms with Gasteiger partial charge in [-0.05, 0) is 44.5 Å². The minimum absolute atomic E-state index is 0. The van der Waals surface area contributed by atoms with Gasteiger partial charge in [0, 0.05) is 56.5 Å². The van der Waals surface area contributed by atoms with Crippen LogP contribution in [0.25, 0.3) is 5.65 Å². The van der Waals surface area contributed by atoms with Gasteiger partial charge in [0.15, 0.2) is 5.96 Å². The molecule has 3 heterocycles. The van der Waals surface area contributed by atoms with E-state index in [1.807, 2.05) is 19.2 Å². The monoisotopic (exact) mass is 549 g/mol. The third kappa shape index (κ3) is 5.46. The minimum Gasteiger partial charge on any atom is -0.494 e. The van der Waals surface area contributed by atoms with E-state index in [4.69, 9.17) is 14.5 Å². The lowest BCUT2D eigenvalue weighted by Gasteiger charge is -2.15. The van der Waals surface area contributed by atoms with Gasteiger partial charge >= 0.3 is 0 Å². The van der Waals surface area contributed by atoms with Crippen molar-refractivity contribution >= 4 is 35.6 Å². The van der Waals surface area contributed by atoms with Crippen molar-refractivity contribution in [3.8, 4) is 11.5 Å². The summed E-state index contributed by atoms with van der Waals surface area (Å²) in [5.41, 5.74) is 5.52. The van der Waals surface area contributed by atoms with Crippen LogP contribution in [0.3, 0.4) is 0 Å². The molecule has 32 heavy (non-hydrogen) atoms. The largest absolute Gasteiger partial charge is 0.494 e. The Morgan fingerprint density at radius 1 is 1.34 bits per heavy atom. The van der Waals surface area contributed by atoms with Crippen molar-refractivity contribution in [1.82, 2.24) is 20.0 Å². The molecule has 1 aliphatic heterocycles. The summed E-state index contributed by atoms with van der Waals surface area (Å²) in [4.78, 5) is 9.08. The number of aliphatic imine (C=N–C) groups is 1. The van der Waals surface area contributed by atoms with E-state index in [0.29, 0.717) is 13.2 Å². The molecule has 0 radical (unpaired) electrons. The fourth-order valence-electron chi connectivity index (χ4n) is 3.94. The van der Waals surface area contributed by atoms with E-state index >= 15 is 0 Å². The van der Waals surface area contributed by atoms with Gasteiger partial charge in [0.2, 0.25) is 0 Å². The molecule has 8 heteroatoms. The van der Waals surface area contributed by atoms with E-state index in [1.54, 1.807) is 7.05 Å². The van der Waals surface area contributed by atoms with Crippen LogP contribution in [0, 0.1) is 6.92 Å². The van der Waals surface area contributed by atoms with Crippen LogP contribution in [0.4, 0.5) is 0 Å². The number of ether oxygens (including phenoxy) is 2. The lowest BCUT2D eigenvalue weighted by Crippen LogP contribution is -2.38. The number of nitrogens with zero attached hydrogens (tertiary/aromatic N) is 3. The molecule has 1 aliphatic rings. The zero-order valence-corrected chi connectivity index (χ0v) is 21.5. The highest BCUT2D eigenvalue weighted by molar-refractivity contribution is 14.0. The predicted octanol–water partition coefficient (Wildman–Crippen LogP) is 3.89. The van der Waals surface area contributed by atoms with Crippen molar-refractivity contribution < 1.29 is 9.47 Å². The zero-order chi connectivity index (χ0) is 21.8. The summed E-state index contributed by atoms with van der Waals surface area (Å²) in [6.07, 6.45) is 6.07. The summed E-state index contributed by atoms with van der Waals surface area (Å²) >= 11 is 0. The number of guanidine groups is 1. The minimum atomic E-state index is 0. The molecule has 2 N–H and O–H groups in total. The van der Waals surface area contributed by atoms with Gasteiger partial charge in [-0.15, -0.1) is 24.0 Å². The first-order chi connectivity index (χ1) is 15.1. The Bertz CT molecular complexity index is 1100.